The summed E-state index contributed by atoms with van der Waals surface area (Å²) in [7, 11) is 3.76. The summed E-state index contributed by atoms with van der Waals surface area (Å²) in [6, 6.07) is 2.02. The van der Waals surface area contributed by atoms with Gasteiger partial charge in [0.15, 0.2) is 0 Å². The zero-order valence-electron chi connectivity index (χ0n) is 12.0. The van der Waals surface area contributed by atoms with E-state index in [1.54, 1.807) is 6.92 Å². The van der Waals surface area contributed by atoms with Crippen LogP contribution in [0, 0.1) is 11.6 Å². The fraction of sp³-hybridized carbons (Fsp3) is 0.500. The summed E-state index contributed by atoms with van der Waals surface area (Å²) in [4.78, 5) is 13.8. The number of carbonyl (C=O) groups is 1. The summed E-state index contributed by atoms with van der Waals surface area (Å²) in [6.07, 6.45) is 0. The van der Waals surface area contributed by atoms with E-state index in [4.69, 9.17) is 4.74 Å². The molecule has 1 N–H and O–H groups in total. The smallest absolute Gasteiger partial charge is 0.327 e. The van der Waals surface area contributed by atoms with Crippen LogP contribution < -0.4 is 5.32 Å². The van der Waals surface area contributed by atoms with E-state index in [1.807, 2.05) is 19.0 Å². The third-order valence-corrected chi connectivity index (χ3v) is 2.70. The summed E-state index contributed by atoms with van der Waals surface area (Å²) in [5, 5.41) is 2.90. The minimum absolute atomic E-state index is 0.0396. The van der Waals surface area contributed by atoms with Crippen LogP contribution in [0.5, 0.6) is 0 Å². The summed E-state index contributed by atoms with van der Waals surface area (Å²) in [5.41, 5.74) is -0.0396. The Morgan fingerprint density at radius 3 is 2.70 bits per heavy atom. The lowest BCUT2D eigenvalue weighted by molar-refractivity contribution is -0.146. The summed E-state index contributed by atoms with van der Waals surface area (Å²) in [5.74, 6) is -1.84. The van der Waals surface area contributed by atoms with Gasteiger partial charge in [0, 0.05) is 18.7 Å². The van der Waals surface area contributed by atoms with Gasteiger partial charge in [0.05, 0.1) is 6.61 Å². The van der Waals surface area contributed by atoms with Crippen LogP contribution in [0.25, 0.3) is 0 Å². The SMILES string of the molecule is CCOC(=O)C(NCCN(C)C)c1cc(F)ccc1F. The molecule has 0 amide bonds. The molecule has 1 unspecified atom stereocenters. The number of nitrogens with one attached hydrogen (secondary N) is 1. The molecule has 4 nitrogen and oxygen atoms in total. The lowest BCUT2D eigenvalue weighted by Crippen LogP contribution is -2.35. The Balaban J connectivity index is 2.91. The molecule has 0 radical (unpaired) electrons. The second-order valence-electron chi connectivity index (χ2n) is 4.61. The van der Waals surface area contributed by atoms with E-state index in [1.165, 1.54) is 0 Å². The molecule has 6 heteroatoms. The molecule has 0 aliphatic carbocycles. The van der Waals surface area contributed by atoms with Gasteiger partial charge in [-0.25, -0.2) is 13.6 Å². The normalized spacial score (nSPS) is 12.5. The molecule has 1 aromatic carbocycles. The van der Waals surface area contributed by atoms with Gasteiger partial charge >= 0.3 is 5.97 Å². The summed E-state index contributed by atoms with van der Waals surface area (Å²) < 4.78 is 31.9. The van der Waals surface area contributed by atoms with Crippen molar-refractivity contribution < 1.29 is 18.3 Å². The van der Waals surface area contributed by atoms with Crippen molar-refractivity contribution in [2.75, 3.05) is 33.8 Å². The Morgan fingerprint density at radius 2 is 2.10 bits per heavy atom. The minimum atomic E-state index is -1.01. The highest BCUT2D eigenvalue weighted by molar-refractivity contribution is 5.77. The summed E-state index contributed by atoms with van der Waals surface area (Å²) in [6.45, 7) is 2.96. The Kier molecular flexibility index (Phi) is 6.54. The Bertz CT molecular complexity index is 453. The predicted octanol–water partition coefficient (Wildman–Crippen LogP) is 1.72. The highest BCUT2D eigenvalue weighted by atomic mass is 19.1. The van der Waals surface area contributed by atoms with Gasteiger partial charge in [-0.2, -0.15) is 0 Å². The molecule has 20 heavy (non-hydrogen) atoms. The molecule has 0 aliphatic rings. The average Bonchev–Trinajstić information content (AvgIpc) is 2.38. The monoisotopic (exact) mass is 286 g/mol. The highest BCUT2D eigenvalue weighted by Crippen LogP contribution is 2.19. The second kappa shape index (κ2) is 7.91. The van der Waals surface area contributed by atoms with E-state index >= 15 is 0 Å². The lowest BCUT2D eigenvalue weighted by atomic mass is 10.1. The fourth-order valence-corrected chi connectivity index (χ4v) is 1.71. The van der Waals surface area contributed by atoms with E-state index in [9.17, 15) is 13.6 Å². The zero-order valence-corrected chi connectivity index (χ0v) is 12.0. The molecule has 1 rings (SSSR count). The molecule has 0 saturated heterocycles. The molecule has 0 heterocycles. The maximum Gasteiger partial charge on any atom is 0.327 e. The van der Waals surface area contributed by atoms with Gasteiger partial charge in [0.2, 0.25) is 0 Å². The molecule has 0 aromatic heterocycles. The lowest BCUT2D eigenvalue weighted by Gasteiger charge is -2.19. The minimum Gasteiger partial charge on any atom is -0.465 e. The number of hydrogen-bond acceptors (Lipinski definition) is 4. The van der Waals surface area contributed by atoms with Crippen molar-refractivity contribution in [3.8, 4) is 0 Å². The molecular formula is C14H20F2N2O2. The largest absolute Gasteiger partial charge is 0.465 e. The maximum absolute atomic E-state index is 13.8. The molecular weight excluding hydrogens is 266 g/mol. The van der Waals surface area contributed by atoms with Crippen molar-refractivity contribution in [1.82, 2.24) is 10.2 Å². The van der Waals surface area contributed by atoms with Crippen LogP contribution in [0.3, 0.4) is 0 Å². The first-order chi connectivity index (χ1) is 9.45. The van der Waals surface area contributed by atoms with Crippen molar-refractivity contribution in [1.29, 1.82) is 0 Å². The molecule has 1 aromatic rings. The van der Waals surface area contributed by atoms with Crippen LogP contribution >= 0.6 is 0 Å². The van der Waals surface area contributed by atoms with E-state index in [-0.39, 0.29) is 12.2 Å². The molecule has 0 spiro atoms. The van der Waals surface area contributed by atoms with Crippen LogP contribution in [0.15, 0.2) is 18.2 Å². The van der Waals surface area contributed by atoms with Crippen molar-refractivity contribution in [3.05, 3.63) is 35.4 Å². The second-order valence-corrected chi connectivity index (χ2v) is 4.61. The maximum atomic E-state index is 13.8. The van der Waals surface area contributed by atoms with Gasteiger partial charge in [0.1, 0.15) is 17.7 Å². The number of hydrogen-bond donors (Lipinski definition) is 1. The Hall–Kier alpha value is -1.53. The number of esters is 1. The highest BCUT2D eigenvalue weighted by Gasteiger charge is 2.25. The van der Waals surface area contributed by atoms with Gasteiger partial charge in [-0.1, -0.05) is 0 Å². The standard InChI is InChI=1S/C14H20F2N2O2/c1-4-20-14(19)13(17-7-8-18(2)3)11-9-10(15)5-6-12(11)16/h5-6,9,13,17H,4,7-8H2,1-3H3. The van der Waals surface area contributed by atoms with Crippen LogP contribution in [0.2, 0.25) is 0 Å². The van der Waals surface area contributed by atoms with E-state index in [0.717, 1.165) is 18.2 Å². The number of rotatable bonds is 7. The van der Waals surface area contributed by atoms with Gasteiger partial charge in [0.25, 0.3) is 0 Å². The van der Waals surface area contributed by atoms with Crippen LogP contribution in [-0.2, 0) is 9.53 Å². The first-order valence-electron chi connectivity index (χ1n) is 6.45. The van der Waals surface area contributed by atoms with Crippen molar-refractivity contribution in [2.24, 2.45) is 0 Å². The molecule has 0 aliphatic heterocycles. The number of ether oxygens (including phenoxy) is 1. The van der Waals surface area contributed by atoms with E-state index in [0.29, 0.717) is 13.1 Å². The third kappa shape index (κ3) is 4.86. The molecule has 112 valence electrons. The molecule has 0 fully saturated rings. The first kappa shape index (κ1) is 16.5. The predicted molar refractivity (Wildman–Crippen MR) is 72.3 cm³/mol. The molecule has 1 atom stereocenters. The molecule has 0 bridgehead atoms. The first-order valence-corrected chi connectivity index (χ1v) is 6.45. The summed E-state index contributed by atoms with van der Waals surface area (Å²) >= 11 is 0. The number of carbonyl (C=O) groups excluding carboxylic acids is 1. The van der Waals surface area contributed by atoms with Crippen molar-refractivity contribution >= 4 is 5.97 Å². The number of nitrogens with zero attached hydrogens (tertiary/aromatic N) is 1. The Labute approximate surface area is 117 Å². The van der Waals surface area contributed by atoms with Crippen molar-refractivity contribution in [2.45, 2.75) is 13.0 Å². The fourth-order valence-electron chi connectivity index (χ4n) is 1.71. The van der Waals surface area contributed by atoms with Gasteiger partial charge in [-0.15, -0.1) is 0 Å². The Morgan fingerprint density at radius 1 is 1.40 bits per heavy atom. The van der Waals surface area contributed by atoms with Crippen molar-refractivity contribution in [3.63, 3.8) is 0 Å². The van der Waals surface area contributed by atoms with Gasteiger partial charge in [-0.3, -0.25) is 5.32 Å². The van der Waals surface area contributed by atoms with Crippen LogP contribution in [0.1, 0.15) is 18.5 Å². The van der Waals surface area contributed by atoms with Crippen LogP contribution in [0.4, 0.5) is 8.78 Å². The topological polar surface area (TPSA) is 41.6 Å². The quantitative estimate of drug-likeness (QED) is 0.775. The number of halogens is 2. The van der Waals surface area contributed by atoms with Gasteiger partial charge < -0.3 is 9.64 Å². The molecule has 0 saturated carbocycles. The zero-order chi connectivity index (χ0) is 15.1. The average molecular weight is 286 g/mol. The van der Waals surface area contributed by atoms with Gasteiger partial charge in [-0.05, 0) is 39.2 Å². The van der Waals surface area contributed by atoms with E-state index < -0.39 is 23.6 Å². The van der Waals surface area contributed by atoms with E-state index in [2.05, 4.69) is 5.32 Å². The van der Waals surface area contributed by atoms with Crippen LogP contribution in [-0.4, -0.2) is 44.7 Å². The number of likely N-dealkylation sites (N-methyl/N-ethyl adjacent to an activating group) is 1. The third-order valence-electron chi connectivity index (χ3n) is 2.70. The number of benzene rings is 1.